The van der Waals surface area contributed by atoms with Crippen LogP contribution in [-0.2, 0) is 22.3 Å². The van der Waals surface area contributed by atoms with Crippen LogP contribution < -0.4 is 11.3 Å². The number of alkyl halides is 3. The van der Waals surface area contributed by atoms with Crippen molar-refractivity contribution in [1.29, 1.82) is 0 Å². The van der Waals surface area contributed by atoms with Gasteiger partial charge in [-0.2, -0.15) is 18.3 Å². The van der Waals surface area contributed by atoms with E-state index in [1.165, 1.54) is 0 Å². The van der Waals surface area contributed by atoms with Gasteiger partial charge in [0.15, 0.2) is 0 Å². The highest BCUT2D eigenvalue weighted by Crippen LogP contribution is 2.32. The number of nitrogens with two attached hydrogens (primary N) is 1. The van der Waals surface area contributed by atoms with E-state index in [2.05, 4.69) is 17.0 Å². The lowest BCUT2D eigenvalue weighted by Gasteiger charge is -2.34. The molecule has 1 aromatic carbocycles. The first-order valence-corrected chi connectivity index (χ1v) is 10.7. The number of benzene rings is 1. The van der Waals surface area contributed by atoms with Gasteiger partial charge in [0.25, 0.3) is 5.56 Å². The Morgan fingerprint density at radius 3 is 2.39 bits per heavy atom. The quantitative estimate of drug-likeness (QED) is 0.639. The number of carbonyl (C=O) groups excluding carboxylic acids is 1. The fourth-order valence-corrected chi connectivity index (χ4v) is 3.22. The topological polar surface area (TPSA) is 111 Å². The second kappa shape index (κ2) is 11.1. The summed E-state index contributed by atoms with van der Waals surface area (Å²) in [6, 6.07) is 3.44. The third kappa shape index (κ3) is 7.24. The van der Waals surface area contributed by atoms with Gasteiger partial charge in [-0.05, 0) is 44.5 Å². The van der Waals surface area contributed by atoms with Crippen molar-refractivity contribution < 1.29 is 27.8 Å². The smallest absolute Gasteiger partial charge is 0.393 e. The number of ether oxygens (including phenoxy) is 1. The molecule has 0 spiro atoms. The Morgan fingerprint density at radius 1 is 1.30 bits per heavy atom. The number of amides is 1. The Balaban J connectivity index is 0.000000294. The summed E-state index contributed by atoms with van der Waals surface area (Å²) in [6.45, 7) is 7.56. The van der Waals surface area contributed by atoms with E-state index in [1.54, 1.807) is 13.8 Å². The summed E-state index contributed by atoms with van der Waals surface area (Å²) >= 11 is 0. The molecule has 1 fully saturated rings. The lowest BCUT2D eigenvalue weighted by Crippen LogP contribution is -2.47. The third-order valence-electron chi connectivity index (χ3n) is 5.31. The molecule has 1 amide bonds. The van der Waals surface area contributed by atoms with Crippen LogP contribution in [0.5, 0.6) is 0 Å². The number of likely N-dealkylation sites (N-methyl/N-ethyl adjacent to an activating group) is 1. The molecular formula is C22H31F3N4O4. The fourth-order valence-electron chi connectivity index (χ4n) is 3.22. The van der Waals surface area contributed by atoms with Gasteiger partial charge in [-0.1, -0.05) is 13.8 Å². The molecule has 3 rings (SSSR count). The third-order valence-corrected chi connectivity index (χ3v) is 5.31. The summed E-state index contributed by atoms with van der Waals surface area (Å²) in [6.07, 6.45) is -3.84. The number of fused-ring (bicyclic) bond motifs is 1. The largest absolute Gasteiger partial charge is 0.416 e. The van der Waals surface area contributed by atoms with Gasteiger partial charge in [-0.25, -0.2) is 4.68 Å². The van der Waals surface area contributed by atoms with Gasteiger partial charge < -0.3 is 15.6 Å². The van der Waals surface area contributed by atoms with Gasteiger partial charge in [0.1, 0.15) is 6.54 Å². The van der Waals surface area contributed by atoms with Crippen LogP contribution in [0.15, 0.2) is 23.0 Å². The fraction of sp³-hybridized carbons (Fsp3) is 0.591. The minimum atomic E-state index is -4.51. The summed E-state index contributed by atoms with van der Waals surface area (Å²) in [5, 5.41) is 13.2. The van der Waals surface area contributed by atoms with E-state index in [0.29, 0.717) is 11.7 Å². The number of nitrogens with zero attached hydrogens (tertiary/aromatic N) is 3. The van der Waals surface area contributed by atoms with Crippen molar-refractivity contribution in [1.82, 2.24) is 14.7 Å². The highest BCUT2D eigenvalue weighted by molar-refractivity contribution is 5.85. The summed E-state index contributed by atoms with van der Waals surface area (Å²) in [5.41, 5.74) is 3.87. The van der Waals surface area contributed by atoms with Gasteiger partial charge in [-0.15, -0.1) is 0 Å². The Hall–Kier alpha value is -2.50. The molecule has 0 bridgehead atoms. The van der Waals surface area contributed by atoms with Crippen LogP contribution in [0.4, 0.5) is 13.2 Å². The molecule has 1 aromatic heterocycles. The summed E-state index contributed by atoms with van der Waals surface area (Å²) in [7, 11) is 2.08. The maximum absolute atomic E-state index is 12.8. The molecule has 1 saturated heterocycles. The van der Waals surface area contributed by atoms with E-state index in [9.17, 15) is 22.8 Å². The van der Waals surface area contributed by atoms with Crippen LogP contribution in [-0.4, -0.2) is 64.6 Å². The van der Waals surface area contributed by atoms with E-state index in [4.69, 9.17) is 15.6 Å². The van der Waals surface area contributed by atoms with Crippen LogP contribution in [0.3, 0.4) is 0 Å². The average molecular weight is 473 g/mol. The lowest BCUT2D eigenvalue weighted by molar-refractivity contribution is -0.137. The van der Waals surface area contributed by atoms with Crippen LogP contribution in [0.1, 0.15) is 44.4 Å². The maximum Gasteiger partial charge on any atom is 0.416 e. The monoisotopic (exact) mass is 472 g/mol. The van der Waals surface area contributed by atoms with Gasteiger partial charge >= 0.3 is 6.18 Å². The molecule has 0 saturated carbocycles. The van der Waals surface area contributed by atoms with Crippen molar-refractivity contribution in [3.8, 4) is 0 Å². The summed E-state index contributed by atoms with van der Waals surface area (Å²) in [4.78, 5) is 25.5. The van der Waals surface area contributed by atoms with Crippen LogP contribution in [0.2, 0.25) is 0 Å². The van der Waals surface area contributed by atoms with Gasteiger partial charge in [0.05, 0.1) is 42.0 Å². The number of aromatic nitrogens is 2. The molecule has 11 heteroatoms. The molecular weight excluding hydrogens is 441 g/mol. The van der Waals surface area contributed by atoms with Crippen molar-refractivity contribution in [2.24, 2.45) is 5.73 Å². The van der Waals surface area contributed by atoms with Crippen molar-refractivity contribution in [2.75, 3.05) is 26.8 Å². The zero-order chi connectivity index (χ0) is 24.9. The second-order valence-electron chi connectivity index (χ2n) is 8.54. The lowest BCUT2D eigenvalue weighted by atomic mass is 10.0. The summed E-state index contributed by atoms with van der Waals surface area (Å²) < 4.78 is 44.4. The van der Waals surface area contributed by atoms with E-state index in [1.807, 2.05) is 6.92 Å². The van der Waals surface area contributed by atoms with E-state index in [-0.39, 0.29) is 22.8 Å². The molecule has 0 unspecified atom stereocenters. The van der Waals surface area contributed by atoms with E-state index >= 15 is 0 Å². The Labute approximate surface area is 190 Å². The molecule has 184 valence electrons. The number of primary amides is 1. The SMILES string of the molecule is CC(C)c1nn(CC(N)=O)c(=O)c2ccc(C(F)(F)F)cc12.C[C@@H](O)CCN(C)C1COC1. The minimum absolute atomic E-state index is 0.0768. The van der Waals surface area contributed by atoms with Gasteiger partial charge in [-0.3, -0.25) is 14.5 Å². The van der Waals surface area contributed by atoms with Crippen molar-refractivity contribution in [3.05, 3.63) is 39.8 Å². The molecule has 33 heavy (non-hydrogen) atoms. The number of hydrogen-bond donors (Lipinski definition) is 2. The molecule has 2 heterocycles. The van der Waals surface area contributed by atoms with Crippen LogP contribution in [0, 0.1) is 0 Å². The second-order valence-corrected chi connectivity index (χ2v) is 8.54. The molecule has 0 aliphatic carbocycles. The Kier molecular flexibility index (Phi) is 8.98. The molecule has 1 aliphatic heterocycles. The number of aliphatic hydroxyl groups excluding tert-OH is 1. The number of halogens is 3. The predicted octanol–water partition coefficient (Wildman–Crippen LogP) is 2.11. The van der Waals surface area contributed by atoms with Crippen molar-refractivity contribution >= 4 is 16.7 Å². The maximum atomic E-state index is 12.8. The minimum Gasteiger partial charge on any atom is -0.393 e. The molecule has 1 aliphatic rings. The van der Waals surface area contributed by atoms with Crippen LogP contribution in [0.25, 0.3) is 10.8 Å². The Morgan fingerprint density at radius 2 is 1.94 bits per heavy atom. The zero-order valence-corrected chi connectivity index (χ0v) is 19.2. The van der Waals surface area contributed by atoms with Crippen LogP contribution >= 0.6 is 0 Å². The summed E-state index contributed by atoms with van der Waals surface area (Å²) in [5.74, 6) is -0.985. The first-order chi connectivity index (χ1) is 15.3. The highest BCUT2D eigenvalue weighted by Gasteiger charge is 2.31. The van der Waals surface area contributed by atoms with Gasteiger partial charge in [0, 0.05) is 11.9 Å². The first kappa shape index (κ1) is 26.7. The average Bonchev–Trinajstić information content (AvgIpc) is 2.66. The Bertz CT molecular complexity index is 1020. The molecule has 2 aromatic rings. The van der Waals surface area contributed by atoms with E-state index in [0.717, 1.165) is 49.1 Å². The number of rotatable bonds is 7. The van der Waals surface area contributed by atoms with Gasteiger partial charge in [0.2, 0.25) is 5.91 Å². The van der Waals surface area contributed by atoms with E-state index < -0.39 is 29.8 Å². The molecule has 8 nitrogen and oxygen atoms in total. The highest BCUT2D eigenvalue weighted by atomic mass is 19.4. The first-order valence-electron chi connectivity index (χ1n) is 10.7. The van der Waals surface area contributed by atoms with Crippen molar-refractivity contribution in [3.63, 3.8) is 0 Å². The standard InChI is InChI=1S/C14H14F3N3O2.C8H17NO2/c1-7(2)12-10-5-8(14(15,16)17)3-4-9(10)13(22)20(19-12)6-11(18)21;1-7(10)3-4-9(2)8-5-11-6-8/h3-5,7H,6H2,1-2H3,(H2,18,21);7-8,10H,3-6H2,1-2H3/t;7-/m.1/s1. The molecule has 0 radical (unpaired) electrons. The zero-order valence-electron chi connectivity index (χ0n) is 19.2. The van der Waals surface area contributed by atoms with Crippen molar-refractivity contribution in [2.45, 2.75) is 58.0 Å². The number of aliphatic hydroxyl groups is 1. The normalized spacial score (nSPS) is 15.3. The number of carbonyl (C=O) groups is 1. The predicted molar refractivity (Wildman–Crippen MR) is 118 cm³/mol. The molecule has 1 atom stereocenters. The number of hydrogen-bond acceptors (Lipinski definition) is 6. The molecule has 3 N–H and O–H groups in total.